The Hall–Kier alpha value is -3.52. The summed E-state index contributed by atoms with van der Waals surface area (Å²) in [6.07, 6.45) is 0. The molecule has 29 heavy (non-hydrogen) atoms. The number of ether oxygens (including phenoxy) is 1. The second-order valence-corrected chi connectivity index (χ2v) is 7.28. The number of hydrogen-bond donors (Lipinski definition) is 2. The van der Waals surface area contributed by atoms with Crippen LogP contribution in [0.2, 0.25) is 0 Å². The summed E-state index contributed by atoms with van der Waals surface area (Å²) in [5.41, 5.74) is 1.88. The van der Waals surface area contributed by atoms with E-state index in [0.29, 0.717) is 33.3 Å². The van der Waals surface area contributed by atoms with E-state index in [9.17, 15) is 8.60 Å². The van der Waals surface area contributed by atoms with Crippen molar-refractivity contribution in [1.82, 2.24) is 9.97 Å². The highest BCUT2D eigenvalue weighted by molar-refractivity contribution is 7.86. The molecule has 1 heterocycles. The van der Waals surface area contributed by atoms with E-state index < -0.39 is 16.8 Å². The van der Waals surface area contributed by atoms with Crippen molar-refractivity contribution in [2.45, 2.75) is 4.90 Å². The van der Waals surface area contributed by atoms with Crippen molar-refractivity contribution < 1.29 is 13.3 Å². The average molecular weight is 408 g/mol. The normalized spacial score (nSPS) is 11.8. The fraction of sp³-hybridized carbons (Fsp3) is 0.0476. The molecule has 1 atom stereocenters. The highest BCUT2D eigenvalue weighted by Crippen LogP contribution is 2.28. The number of nitrogens with zero attached hydrogens (tertiary/aromatic N) is 2. The van der Waals surface area contributed by atoms with Gasteiger partial charge in [-0.1, -0.05) is 30.3 Å². The van der Waals surface area contributed by atoms with Crippen LogP contribution in [0.15, 0.2) is 77.7 Å². The molecule has 4 aromatic rings. The van der Waals surface area contributed by atoms with Gasteiger partial charge in [-0.15, -0.1) is 0 Å². The van der Waals surface area contributed by atoms with E-state index in [0.717, 1.165) is 0 Å². The number of benzene rings is 3. The molecule has 146 valence electrons. The summed E-state index contributed by atoms with van der Waals surface area (Å²) >= 11 is 0. The lowest BCUT2D eigenvalue weighted by molar-refractivity contribution is 0.387. The molecule has 1 aromatic heterocycles. The summed E-state index contributed by atoms with van der Waals surface area (Å²) in [4.78, 5) is 9.76. The van der Waals surface area contributed by atoms with Crippen LogP contribution in [-0.2, 0) is 11.0 Å². The Kier molecular flexibility index (Phi) is 5.35. The SMILES string of the molecule is COc1cc(Nc2nc3ccccc3nc2NS(=O)c2ccccc2)ccc1F. The van der Waals surface area contributed by atoms with Crippen molar-refractivity contribution in [2.75, 3.05) is 17.1 Å². The largest absolute Gasteiger partial charge is 0.494 e. The molecular weight excluding hydrogens is 391 g/mol. The van der Waals surface area contributed by atoms with E-state index in [-0.39, 0.29) is 5.75 Å². The van der Waals surface area contributed by atoms with Gasteiger partial charge < -0.3 is 10.1 Å². The van der Waals surface area contributed by atoms with Crippen molar-refractivity contribution in [3.63, 3.8) is 0 Å². The third-order valence-electron chi connectivity index (χ3n) is 4.13. The van der Waals surface area contributed by atoms with Crippen LogP contribution in [0, 0.1) is 5.82 Å². The van der Waals surface area contributed by atoms with Gasteiger partial charge in [-0.25, -0.2) is 18.6 Å². The molecule has 0 saturated heterocycles. The highest BCUT2D eigenvalue weighted by Gasteiger charge is 2.14. The Labute approximate surface area is 169 Å². The molecule has 0 saturated carbocycles. The number of hydrogen-bond acceptors (Lipinski definition) is 5. The second kappa shape index (κ2) is 8.24. The number of aromatic nitrogens is 2. The van der Waals surface area contributed by atoms with Gasteiger partial charge in [0, 0.05) is 11.8 Å². The molecular formula is C21H17FN4O2S. The van der Waals surface area contributed by atoms with Crippen molar-refractivity contribution in [3.05, 3.63) is 78.6 Å². The van der Waals surface area contributed by atoms with Crippen LogP contribution < -0.4 is 14.8 Å². The van der Waals surface area contributed by atoms with E-state index >= 15 is 0 Å². The Bertz CT molecular complexity index is 1190. The maximum atomic E-state index is 13.7. The number of methoxy groups -OCH3 is 1. The molecule has 8 heteroatoms. The van der Waals surface area contributed by atoms with Crippen LogP contribution in [0.4, 0.5) is 21.7 Å². The molecule has 2 N–H and O–H groups in total. The van der Waals surface area contributed by atoms with Crippen molar-refractivity contribution >= 4 is 39.3 Å². The summed E-state index contributed by atoms with van der Waals surface area (Å²) in [5, 5.41) is 3.11. The van der Waals surface area contributed by atoms with Crippen LogP contribution in [0.25, 0.3) is 11.0 Å². The van der Waals surface area contributed by atoms with Crippen molar-refractivity contribution in [2.24, 2.45) is 0 Å². The van der Waals surface area contributed by atoms with Gasteiger partial charge in [0.15, 0.2) is 34.2 Å². The van der Waals surface area contributed by atoms with Gasteiger partial charge in [-0.3, -0.25) is 4.72 Å². The topological polar surface area (TPSA) is 76.1 Å². The maximum absolute atomic E-state index is 13.7. The lowest BCUT2D eigenvalue weighted by Crippen LogP contribution is -2.10. The van der Waals surface area contributed by atoms with Gasteiger partial charge in [0.2, 0.25) is 0 Å². The first kappa shape index (κ1) is 18.8. The van der Waals surface area contributed by atoms with Gasteiger partial charge in [-0.2, -0.15) is 0 Å². The maximum Gasteiger partial charge on any atom is 0.182 e. The predicted molar refractivity (Wildman–Crippen MR) is 112 cm³/mol. The number of fused-ring (bicyclic) bond motifs is 1. The number of nitrogens with one attached hydrogen (secondary N) is 2. The molecule has 1 unspecified atom stereocenters. The Morgan fingerprint density at radius 1 is 0.897 bits per heavy atom. The first-order chi connectivity index (χ1) is 14.1. The fourth-order valence-corrected chi connectivity index (χ4v) is 3.56. The standard InChI is InChI=1S/C21H17FN4O2S/c1-28-19-13-14(11-12-16(19)22)23-20-21(25-18-10-6-5-9-17(18)24-20)26-29(27)15-7-3-2-4-8-15/h2-13H,1H3,(H,23,24)(H,25,26). The first-order valence-electron chi connectivity index (χ1n) is 8.75. The summed E-state index contributed by atoms with van der Waals surface area (Å²) in [6, 6.07) is 20.7. The van der Waals surface area contributed by atoms with Crippen molar-refractivity contribution in [1.29, 1.82) is 0 Å². The average Bonchev–Trinajstić information content (AvgIpc) is 2.76. The zero-order chi connectivity index (χ0) is 20.2. The lowest BCUT2D eigenvalue weighted by Gasteiger charge is -2.14. The van der Waals surface area contributed by atoms with Gasteiger partial charge in [-0.05, 0) is 36.4 Å². The molecule has 0 aliphatic heterocycles. The van der Waals surface area contributed by atoms with E-state index in [2.05, 4.69) is 20.0 Å². The minimum absolute atomic E-state index is 0.103. The third-order valence-corrected chi connectivity index (χ3v) is 5.21. The Morgan fingerprint density at radius 3 is 2.24 bits per heavy atom. The minimum Gasteiger partial charge on any atom is -0.494 e. The summed E-state index contributed by atoms with van der Waals surface area (Å²) in [7, 11) is -0.136. The zero-order valence-corrected chi connectivity index (χ0v) is 16.2. The number of rotatable bonds is 6. The lowest BCUT2D eigenvalue weighted by atomic mass is 10.2. The first-order valence-corrected chi connectivity index (χ1v) is 9.90. The molecule has 4 rings (SSSR count). The summed E-state index contributed by atoms with van der Waals surface area (Å²) in [6.45, 7) is 0. The molecule has 6 nitrogen and oxygen atoms in total. The van der Waals surface area contributed by atoms with E-state index in [1.165, 1.54) is 19.2 Å². The van der Waals surface area contributed by atoms with Gasteiger partial charge >= 0.3 is 0 Å². The van der Waals surface area contributed by atoms with E-state index in [1.54, 1.807) is 18.2 Å². The van der Waals surface area contributed by atoms with E-state index in [4.69, 9.17) is 4.74 Å². The molecule has 0 amide bonds. The van der Waals surface area contributed by atoms with Crippen LogP contribution >= 0.6 is 0 Å². The molecule has 3 aromatic carbocycles. The third kappa shape index (κ3) is 4.17. The Balaban J connectivity index is 1.73. The smallest absolute Gasteiger partial charge is 0.182 e. The highest BCUT2D eigenvalue weighted by atomic mass is 32.2. The minimum atomic E-state index is -1.53. The summed E-state index contributed by atoms with van der Waals surface area (Å²) in [5.74, 6) is 0.313. The Morgan fingerprint density at radius 2 is 1.55 bits per heavy atom. The van der Waals surface area contributed by atoms with Crippen LogP contribution in [0.1, 0.15) is 0 Å². The molecule has 0 bridgehead atoms. The summed E-state index contributed by atoms with van der Waals surface area (Å²) < 4.78 is 34.4. The monoisotopic (exact) mass is 408 g/mol. The number of para-hydroxylation sites is 2. The van der Waals surface area contributed by atoms with Crippen LogP contribution in [0.3, 0.4) is 0 Å². The van der Waals surface area contributed by atoms with Gasteiger partial charge in [0.05, 0.1) is 23.0 Å². The predicted octanol–water partition coefficient (Wildman–Crippen LogP) is 4.66. The zero-order valence-electron chi connectivity index (χ0n) is 15.4. The van der Waals surface area contributed by atoms with Crippen LogP contribution in [-0.4, -0.2) is 21.3 Å². The van der Waals surface area contributed by atoms with Gasteiger partial charge in [0.25, 0.3) is 0 Å². The molecule has 0 radical (unpaired) electrons. The second-order valence-electron chi connectivity index (χ2n) is 6.07. The van der Waals surface area contributed by atoms with Crippen LogP contribution in [0.5, 0.6) is 5.75 Å². The molecule has 0 aliphatic rings. The molecule has 0 spiro atoms. The molecule has 0 fully saturated rings. The number of halogens is 1. The van der Waals surface area contributed by atoms with Crippen molar-refractivity contribution in [3.8, 4) is 5.75 Å². The molecule has 0 aliphatic carbocycles. The quantitative estimate of drug-likeness (QED) is 0.485. The van der Waals surface area contributed by atoms with Gasteiger partial charge in [0.1, 0.15) is 0 Å². The fourth-order valence-electron chi connectivity index (χ4n) is 2.72. The number of anilines is 3. The van der Waals surface area contributed by atoms with E-state index in [1.807, 2.05) is 42.5 Å².